The highest BCUT2D eigenvalue weighted by atomic mass is 16.5. The van der Waals surface area contributed by atoms with Crippen LogP contribution in [0.4, 0.5) is 5.69 Å². The number of nitrogen functional groups attached to an aromatic ring is 1. The number of nitrogens with two attached hydrogens (primary N) is 1. The van der Waals surface area contributed by atoms with Crippen LogP contribution in [-0.4, -0.2) is 11.1 Å². The minimum atomic E-state index is 0.218. The lowest BCUT2D eigenvalue weighted by molar-refractivity contribution is 0.201. The average molecular weight is 194 g/mol. The molecule has 0 aliphatic rings. The number of pyridine rings is 1. The van der Waals surface area contributed by atoms with E-state index >= 15 is 0 Å². The molecule has 1 unspecified atom stereocenters. The summed E-state index contributed by atoms with van der Waals surface area (Å²) >= 11 is 0. The van der Waals surface area contributed by atoms with Gasteiger partial charge in [0, 0.05) is 6.07 Å². The number of hydrogen-bond donors (Lipinski definition) is 1. The Hall–Kier alpha value is -1.25. The molecule has 0 bridgehead atoms. The Morgan fingerprint density at radius 2 is 2.21 bits per heavy atom. The minimum absolute atomic E-state index is 0.218. The van der Waals surface area contributed by atoms with E-state index in [2.05, 4.69) is 18.8 Å². The Kier molecular flexibility index (Phi) is 3.74. The van der Waals surface area contributed by atoms with Gasteiger partial charge in [-0.1, -0.05) is 13.3 Å². The second-order valence-electron chi connectivity index (χ2n) is 3.54. The number of nitrogens with zero attached hydrogens (tertiary/aromatic N) is 1. The third-order valence-electron chi connectivity index (χ3n) is 2.12. The summed E-state index contributed by atoms with van der Waals surface area (Å²) in [5, 5.41) is 0. The van der Waals surface area contributed by atoms with Crippen LogP contribution in [0.3, 0.4) is 0 Å². The van der Waals surface area contributed by atoms with Gasteiger partial charge >= 0.3 is 0 Å². The van der Waals surface area contributed by atoms with Crippen LogP contribution >= 0.6 is 0 Å². The number of ether oxygens (including phenoxy) is 1. The standard InChI is InChI=1S/C11H18N2O/c1-4-5-8(2)14-11-7-6-10(12)9(3)13-11/h6-8H,4-5,12H2,1-3H3. The SMILES string of the molecule is CCCC(C)Oc1ccc(N)c(C)n1. The predicted molar refractivity (Wildman–Crippen MR) is 58.4 cm³/mol. The highest BCUT2D eigenvalue weighted by molar-refractivity contribution is 5.43. The summed E-state index contributed by atoms with van der Waals surface area (Å²) in [7, 11) is 0. The summed E-state index contributed by atoms with van der Waals surface area (Å²) in [6, 6.07) is 3.64. The first kappa shape index (κ1) is 10.8. The lowest BCUT2D eigenvalue weighted by Gasteiger charge is -2.13. The van der Waals surface area contributed by atoms with Crippen LogP contribution in [0.5, 0.6) is 5.88 Å². The zero-order valence-corrected chi connectivity index (χ0v) is 9.08. The van der Waals surface area contributed by atoms with Crippen molar-refractivity contribution in [1.29, 1.82) is 0 Å². The largest absolute Gasteiger partial charge is 0.475 e. The van der Waals surface area contributed by atoms with Crippen LogP contribution in [0.25, 0.3) is 0 Å². The lowest BCUT2D eigenvalue weighted by atomic mass is 10.2. The normalized spacial score (nSPS) is 12.5. The van der Waals surface area contributed by atoms with Gasteiger partial charge in [0.2, 0.25) is 5.88 Å². The highest BCUT2D eigenvalue weighted by Crippen LogP contribution is 2.15. The Morgan fingerprint density at radius 1 is 1.50 bits per heavy atom. The molecule has 0 aliphatic heterocycles. The molecule has 0 aliphatic carbocycles. The summed E-state index contributed by atoms with van der Waals surface area (Å²) in [4.78, 5) is 4.25. The molecule has 3 heteroatoms. The van der Waals surface area contributed by atoms with E-state index in [-0.39, 0.29) is 6.10 Å². The third kappa shape index (κ3) is 2.91. The first-order valence-electron chi connectivity index (χ1n) is 5.03. The van der Waals surface area contributed by atoms with Gasteiger partial charge in [-0.15, -0.1) is 0 Å². The number of aromatic nitrogens is 1. The molecular weight excluding hydrogens is 176 g/mol. The second kappa shape index (κ2) is 4.84. The van der Waals surface area contributed by atoms with E-state index < -0.39 is 0 Å². The first-order chi connectivity index (χ1) is 6.63. The van der Waals surface area contributed by atoms with E-state index in [4.69, 9.17) is 10.5 Å². The maximum absolute atomic E-state index is 5.66. The molecule has 0 saturated heterocycles. The predicted octanol–water partition coefficient (Wildman–Crippen LogP) is 2.54. The van der Waals surface area contributed by atoms with Crippen molar-refractivity contribution in [3.63, 3.8) is 0 Å². The van der Waals surface area contributed by atoms with Gasteiger partial charge in [-0.25, -0.2) is 4.98 Å². The quantitative estimate of drug-likeness (QED) is 0.801. The van der Waals surface area contributed by atoms with Gasteiger partial charge in [0.15, 0.2) is 0 Å². The number of aryl methyl sites for hydroxylation is 1. The molecule has 0 amide bonds. The highest BCUT2D eigenvalue weighted by Gasteiger charge is 2.04. The smallest absolute Gasteiger partial charge is 0.213 e. The van der Waals surface area contributed by atoms with Crippen molar-refractivity contribution in [2.75, 3.05) is 5.73 Å². The van der Waals surface area contributed by atoms with E-state index in [0.29, 0.717) is 11.6 Å². The molecule has 0 fully saturated rings. The van der Waals surface area contributed by atoms with Gasteiger partial charge in [-0.3, -0.25) is 0 Å². The summed E-state index contributed by atoms with van der Waals surface area (Å²) < 4.78 is 5.62. The zero-order chi connectivity index (χ0) is 10.6. The minimum Gasteiger partial charge on any atom is -0.475 e. The number of rotatable bonds is 4. The van der Waals surface area contributed by atoms with Crippen molar-refractivity contribution in [3.05, 3.63) is 17.8 Å². The summed E-state index contributed by atoms with van der Waals surface area (Å²) in [5.74, 6) is 0.664. The molecular formula is C11H18N2O. The Balaban J connectivity index is 2.63. The topological polar surface area (TPSA) is 48.1 Å². The van der Waals surface area contributed by atoms with Crippen molar-refractivity contribution in [2.45, 2.75) is 39.7 Å². The third-order valence-corrected chi connectivity index (χ3v) is 2.12. The molecule has 1 heterocycles. The van der Waals surface area contributed by atoms with Crippen LogP contribution in [0.1, 0.15) is 32.4 Å². The van der Waals surface area contributed by atoms with Gasteiger partial charge < -0.3 is 10.5 Å². The summed E-state index contributed by atoms with van der Waals surface area (Å²) in [6.07, 6.45) is 2.38. The molecule has 3 nitrogen and oxygen atoms in total. The fourth-order valence-corrected chi connectivity index (χ4v) is 1.29. The van der Waals surface area contributed by atoms with Crippen LogP contribution in [0, 0.1) is 6.92 Å². The Morgan fingerprint density at radius 3 is 2.79 bits per heavy atom. The molecule has 78 valence electrons. The molecule has 0 aromatic carbocycles. The summed E-state index contributed by atoms with van der Waals surface area (Å²) in [5.41, 5.74) is 7.19. The molecule has 0 saturated carbocycles. The van der Waals surface area contributed by atoms with Crippen molar-refractivity contribution in [3.8, 4) is 5.88 Å². The molecule has 1 atom stereocenters. The molecule has 14 heavy (non-hydrogen) atoms. The van der Waals surface area contributed by atoms with Crippen molar-refractivity contribution < 1.29 is 4.74 Å². The van der Waals surface area contributed by atoms with Gasteiger partial charge in [0.05, 0.1) is 17.5 Å². The summed E-state index contributed by atoms with van der Waals surface area (Å²) in [6.45, 7) is 6.07. The maximum atomic E-state index is 5.66. The van der Waals surface area contributed by atoms with E-state index in [9.17, 15) is 0 Å². The Bertz CT molecular complexity index is 299. The zero-order valence-electron chi connectivity index (χ0n) is 9.08. The number of anilines is 1. The van der Waals surface area contributed by atoms with Crippen molar-refractivity contribution >= 4 is 5.69 Å². The van der Waals surface area contributed by atoms with E-state index in [1.165, 1.54) is 0 Å². The molecule has 0 spiro atoms. The molecule has 1 aromatic rings. The van der Waals surface area contributed by atoms with Crippen LogP contribution < -0.4 is 10.5 Å². The van der Waals surface area contributed by atoms with Gasteiger partial charge in [-0.2, -0.15) is 0 Å². The van der Waals surface area contributed by atoms with Crippen LogP contribution in [0.2, 0.25) is 0 Å². The molecule has 1 aromatic heterocycles. The molecule has 0 radical (unpaired) electrons. The second-order valence-corrected chi connectivity index (χ2v) is 3.54. The van der Waals surface area contributed by atoms with Gasteiger partial charge in [-0.05, 0) is 26.3 Å². The van der Waals surface area contributed by atoms with Crippen molar-refractivity contribution in [2.24, 2.45) is 0 Å². The van der Waals surface area contributed by atoms with Crippen LogP contribution in [0.15, 0.2) is 12.1 Å². The first-order valence-corrected chi connectivity index (χ1v) is 5.03. The fourth-order valence-electron chi connectivity index (χ4n) is 1.29. The van der Waals surface area contributed by atoms with Crippen molar-refractivity contribution in [1.82, 2.24) is 4.98 Å². The van der Waals surface area contributed by atoms with E-state index in [0.717, 1.165) is 18.5 Å². The molecule has 2 N–H and O–H groups in total. The number of hydrogen-bond acceptors (Lipinski definition) is 3. The van der Waals surface area contributed by atoms with E-state index in [1.807, 2.05) is 19.1 Å². The van der Waals surface area contributed by atoms with Gasteiger partial charge in [0.1, 0.15) is 0 Å². The fraction of sp³-hybridized carbons (Fsp3) is 0.545. The van der Waals surface area contributed by atoms with E-state index in [1.54, 1.807) is 0 Å². The maximum Gasteiger partial charge on any atom is 0.213 e. The van der Waals surface area contributed by atoms with Crippen LogP contribution in [-0.2, 0) is 0 Å². The Labute approximate surface area is 85.3 Å². The molecule has 1 rings (SSSR count). The monoisotopic (exact) mass is 194 g/mol. The van der Waals surface area contributed by atoms with Gasteiger partial charge in [0.25, 0.3) is 0 Å². The average Bonchev–Trinajstić information content (AvgIpc) is 2.12. The lowest BCUT2D eigenvalue weighted by Crippen LogP contribution is -2.12.